The van der Waals surface area contributed by atoms with Crippen LogP contribution in [-0.4, -0.2) is 30.1 Å². The van der Waals surface area contributed by atoms with E-state index in [1.165, 1.54) is 0 Å². The van der Waals surface area contributed by atoms with Crippen LogP contribution < -0.4 is 5.32 Å². The number of rotatable bonds is 9. The summed E-state index contributed by atoms with van der Waals surface area (Å²) >= 11 is 0. The lowest BCUT2D eigenvalue weighted by molar-refractivity contribution is -0.121. The summed E-state index contributed by atoms with van der Waals surface area (Å²) in [6, 6.07) is 9.80. The molecule has 5 heteroatoms. The SMILES string of the molecule is CC(C)OCCCNC(=O)CCc1ncc(-c2ccccc2)o1. The van der Waals surface area contributed by atoms with Gasteiger partial charge in [0.25, 0.3) is 0 Å². The molecule has 0 saturated heterocycles. The number of hydrogen-bond acceptors (Lipinski definition) is 4. The van der Waals surface area contributed by atoms with Crippen LogP contribution in [0.4, 0.5) is 0 Å². The fraction of sp³-hybridized carbons (Fsp3) is 0.444. The smallest absolute Gasteiger partial charge is 0.220 e. The second kappa shape index (κ2) is 9.10. The van der Waals surface area contributed by atoms with E-state index < -0.39 is 0 Å². The van der Waals surface area contributed by atoms with Crippen LogP contribution in [0.25, 0.3) is 11.3 Å². The van der Waals surface area contributed by atoms with Gasteiger partial charge in [-0.2, -0.15) is 0 Å². The lowest BCUT2D eigenvalue weighted by atomic mass is 10.2. The van der Waals surface area contributed by atoms with E-state index in [9.17, 15) is 4.79 Å². The zero-order valence-electron chi connectivity index (χ0n) is 13.7. The molecule has 0 fully saturated rings. The molecular weight excluding hydrogens is 292 g/mol. The Labute approximate surface area is 137 Å². The summed E-state index contributed by atoms with van der Waals surface area (Å²) < 4.78 is 11.1. The molecule has 0 aliphatic heterocycles. The fourth-order valence-corrected chi connectivity index (χ4v) is 2.09. The molecule has 0 aliphatic rings. The molecule has 0 spiro atoms. The Kier molecular flexibility index (Phi) is 6.81. The van der Waals surface area contributed by atoms with Gasteiger partial charge in [0.1, 0.15) is 0 Å². The topological polar surface area (TPSA) is 64.4 Å². The molecule has 124 valence electrons. The molecule has 1 aromatic carbocycles. The summed E-state index contributed by atoms with van der Waals surface area (Å²) in [5, 5.41) is 2.88. The van der Waals surface area contributed by atoms with E-state index in [-0.39, 0.29) is 12.0 Å². The van der Waals surface area contributed by atoms with E-state index in [1.54, 1.807) is 6.20 Å². The van der Waals surface area contributed by atoms with Gasteiger partial charge < -0.3 is 14.5 Å². The number of hydrogen-bond donors (Lipinski definition) is 1. The minimum atomic E-state index is 0.00834. The number of nitrogens with one attached hydrogen (secondary N) is 1. The summed E-state index contributed by atoms with van der Waals surface area (Å²) in [5.41, 5.74) is 0.987. The summed E-state index contributed by atoms with van der Waals surface area (Å²) in [6.07, 6.45) is 3.63. The van der Waals surface area contributed by atoms with Crippen LogP contribution in [0.2, 0.25) is 0 Å². The van der Waals surface area contributed by atoms with Crippen LogP contribution in [0.3, 0.4) is 0 Å². The van der Waals surface area contributed by atoms with E-state index >= 15 is 0 Å². The summed E-state index contributed by atoms with van der Waals surface area (Å²) in [4.78, 5) is 16.0. The normalized spacial score (nSPS) is 10.9. The number of carbonyl (C=O) groups is 1. The van der Waals surface area contributed by atoms with Gasteiger partial charge in [-0.3, -0.25) is 4.79 Å². The van der Waals surface area contributed by atoms with Crippen molar-refractivity contribution in [2.75, 3.05) is 13.2 Å². The first-order chi connectivity index (χ1) is 11.1. The first-order valence-electron chi connectivity index (χ1n) is 8.03. The van der Waals surface area contributed by atoms with Crippen LogP contribution in [0.5, 0.6) is 0 Å². The highest BCUT2D eigenvalue weighted by Crippen LogP contribution is 2.20. The molecule has 0 bridgehead atoms. The van der Waals surface area contributed by atoms with E-state index in [2.05, 4.69) is 10.3 Å². The van der Waals surface area contributed by atoms with E-state index in [1.807, 2.05) is 44.2 Å². The standard InChI is InChI=1S/C18H24N2O3/c1-14(2)22-12-6-11-19-17(21)9-10-18-20-13-16(23-18)15-7-4-3-5-8-15/h3-5,7-8,13-14H,6,9-12H2,1-2H3,(H,19,21). The fourth-order valence-electron chi connectivity index (χ4n) is 2.09. The highest BCUT2D eigenvalue weighted by molar-refractivity contribution is 5.75. The highest BCUT2D eigenvalue weighted by atomic mass is 16.5. The van der Waals surface area contributed by atoms with Crippen molar-refractivity contribution in [1.82, 2.24) is 10.3 Å². The molecular formula is C18H24N2O3. The second-order valence-corrected chi connectivity index (χ2v) is 5.61. The number of ether oxygens (including phenoxy) is 1. The van der Waals surface area contributed by atoms with E-state index in [4.69, 9.17) is 9.15 Å². The number of aromatic nitrogens is 1. The Bertz CT molecular complexity index is 593. The van der Waals surface area contributed by atoms with Gasteiger partial charge in [-0.15, -0.1) is 0 Å². The van der Waals surface area contributed by atoms with Crippen molar-refractivity contribution >= 4 is 5.91 Å². The molecule has 0 aliphatic carbocycles. The third-order valence-electron chi connectivity index (χ3n) is 3.27. The minimum Gasteiger partial charge on any atom is -0.441 e. The molecule has 2 aromatic rings. The summed E-state index contributed by atoms with van der Waals surface area (Å²) in [5.74, 6) is 1.32. The van der Waals surface area contributed by atoms with Gasteiger partial charge in [-0.25, -0.2) is 4.98 Å². The van der Waals surface area contributed by atoms with Gasteiger partial charge in [0.15, 0.2) is 11.7 Å². The van der Waals surface area contributed by atoms with Gasteiger partial charge in [-0.05, 0) is 20.3 Å². The Hall–Kier alpha value is -2.14. The van der Waals surface area contributed by atoms with E-state index in [0.29, 0.717) is 31.9 Å². The van der Waals surface area contributed by atoms with Gasteiger partial charge in [0.05, 0.1) is 12.3 Å². The molecule has 0 atom stereocenters. The first kappa shape index (κ1) is 17.2. The Morgan fingerprint density at radius 1 is 1.30 bits per heavy atom. The van der Waals surface area contributed by atoms with Crippen LogP contribution in [0.1, 0.15) is 32.6 Å². The molecule has 5 nitrogen and oxygen atoms in total. The third kappa shape index (κ3) is 6.24. The molecule has 23 heavy (non-hydrogen) atoms. The lowest BCUT2D eigenvalue weighted by Crippen LogP contribution is -2.25. The van der Waals surface area contributed by atoms with Gasteiger partial charge >= 0.3 is 0 Å². The number of amides is 1. The molecule has 2 rings (SSSR count). The molecule has 0 saturated carbocycles. The Balaban J connectivity index is 1.68. The van der Waals surface area contributed by atoms with Crippen molar-refractivity contribution in [1.29, 1.82) is 0 Å². The Morgan fingerprint density at radius 2 is 2.09 bits per heavy atom. The van der Waals surface area contributed by atoms with Gasteiger partial charge in [0, 0.05) is 31.6 Å². The zero-order chi connectivity index (χ0) is 16.5. The van der Waals surface area contributed by atoms with Crippen LogP contribution >= 0.6 is 0 Å². The predicted octanol–water partition coefficient (Wildman–Crippen LogP) is 3.21. The first-order valence-corrected chi connectivity index (χ1v) is 8.03. The molecule has 0 unspecified atom stereocenters. The average Bonchev–Trinajstić information content (AvgIpc) is 3.02. The maximum Gasteiger partial charge on any atom is 0.220 e. The lowest BCUT2D eigenvalue weighted by Gasteiger charge is -2.07. The Morgan fingerprint density at radius 3 is 2.83 bits per heavy atom. The van der Waals surface area contributed by atoms with Gasteiger partial charge in [0.2, 0.25) is 5.91 Å². The summed E-state index contributed by atoms with van der Waals surface area (Å²) in [7, 11) is 0. The maximum atomic E-state index is 11.8. The molecule has 1 aromatic heterocycles. The zero-order valence-corrected chi connectivity index (χ0v) is 13.7. The second-order valence-electron chi connectivity index (χ2n) is 5.61. The molecule has 0 radical (unpaired) electrons. The van der Waals surface area contributed by atoms with Crippen LogP contribution in [-0.2, 0) is 16.0 Å². The van der Waals surface area contributed by atoms with E-state index in [0.717, 1.165) is 17.7 Å². The number of aryl methyl sites for hydroxylation is 1. The molecule has 1 heterocycles. The highest BCUT2D eigenvalue weighted by Gasteiger charge is 2.08. The number of oxazole rings is 1. The maximum absolute atomic E-state index is 11.8. The predicted molar refractivity (Wildman–Crippen MR) is 89.0 cm³/mol. The monoisotopic (exact) mass is 316 g/mol. The third-order valence-corrected chi connectivity index (χ3v) is 3.27. The molecule has 1 N–H and O–H groups in total. The quantitative estimate of drug-likeness (QED) is 0.722. The largest absolute Gasteiger partial charge is 0.441 e. The van der Waals surface area contributed by atoms with Crippen molar-refractivity contribution in [3.8, 4) is 11.3 Å². The number of nitrogens with zero attached hydrogens (tertiary/aromatic N) is 1. The average molecular weight is 316 g/mol. The van der Waals surface area contributed by atoms with Crippen molar-refractivity contribution in [3.63, 3.8) is 0 Å². The number of benzene rings is 1. The van der Waals surface area contributed by atoms with Crippen molar-refractivity contribution < 1.29 is 13.9 Å². The van der Waals surface area contributed by atoms with Crippen LogP contribution in [0.15, 0.2) is 40.9 Å². The van der Waals surface area contributed by atoms with Crippen molar-refractivity contribution in [2.24, 2.45) is 0 Å². The minimum absolute atomic E-state index is 0.00834. The van der Waals surface area contributed by atoms with Crippen molar-refractivity contribution in [2.45, 2.75) is 39.2 Å². The number of carbonyl (C=O) groups excluding carboxylic acids is 1. The summed E-state index contributed by atoms with van der Waals surface area (Å²) in [6.45, 7) is 5.29. The van der Waals surface area contributed by atoms with Crippen LogP contribution in [0, 0.1) is 0 Å². The molecule has 1 amide bonds. The van der Waals surface area contributed by atoms with Crippen molar-refractivity contribution in [3.05, 3.63) is 42.4 Å². The van der Waals surface area contributed by atoms with Gasteiger partial charge in [-0.1, -0.05) is 30.3 Å².